The summed E-state index contributed by atoms with van der Waals surface area (Å²) in [7, 11) is 1.94. The minimum absolute atomic E-state index is 0.180. The molecule has 0 heterocycles. The molecule has 1 fully saturated rings. The Bertz CT molecular complexity index is 367. The zero-order valence-corrected chi connectivity index (χ0v) is 9.79. The molecule has 0 radical (unpaired) electrons. The molecule has 88 valence electrons. The molecule has 1 aromatic carbocycles. The minimum Gasteiger partial charge on any atom is -0.493 e. The monoisotopic (exact) mass is 223 g/mol. The van der Waals surface area contributed by atoms with Gasteiger partial charge in [0.05, 0.1) is 6.61 Å². The lowest BCUT2D eigenvalue weighted by Gasteiger charge is -2.10. The van der Waals surface area contributed by atoms with Gasteiger partial charge in [-0.25, -0.2) is 4.39 Å². The smallest absolute Gasteiger partial charge is 0.123 e. The molecule has 2 atom stereocenters. The van der Waals surface area contributed by atoms with E-state index < -0.39 is 0 Å². The lowest BCUT2D eigenvalue weighted by molar-refractivity contribution is 0.313. The molecule has 1 N–H and O–H groups in total. The highest BCUT2D eigenvalue weighted by molar-refractivity contribution is 5.41. The fourth-order valence-corrected chi connectivity index (χ4v) is 2.01. The number of nitrogens with one attached hydrogen (secondary N) is 1. The predicted molar refractivity (Wildman–Crippen MR) is 62.4 cm³/mol. The van der Waals surface area contributed by atoms with Crippen molar-refractivity contribution < 1.29 is 9.13 Å². The summed E-state index contributed by atoms with van der Waals surface area (Å²) >= 11 is 0. The summed E-state index contributed by atoms with van der Waals surface area (Å²) in [4.78, 5) is 0. The third-order valence-electron chi connectivity index (χ3n) is 2.99. The molecule has 2 unspecified atom stereocenters. The number of likely N-dealkylation sites (N-methyl/N-ethyl adjacent to an activating group) is 1. The number of hydrogen-bond acceptors (Lipinski definition) is 2. The van der Waals surface area contributed by atoms with E-state index in [4.69, 9.17) is 4.74 Å². The SMILES string of the molecule is CCCOc1ccc(F)cc1C1CC1NC. The van der Waals surface area contributed by atoms with Crippen LogP contribution in [-0.4, -0.2) is 19.7 Å². The van der Waals surface area contributed by atoms with E-state index in [1.165, 1.54) is 6.07 Å². The Hall–Kier alpha value is -1.09. The molecule has 1 aromatic rings. The van der Waals surface area contributed by atoms with E-state index in [-0.39, 0.29) is 5.82 Å². The fraction of sp³-hybridized carbons (Fsp3) is 0.538. The first-order valence-corrected chi connectivity index (χ1v) is 5.85. The molecule has 0 spiro atoms. The topological polar surface area (TPSA) is 21.3 Å². The second-order valence-corrected chi connectivity index (χ2v) is 4.27. The first-order valence-electron chi connectivity index (χ1n) is 5.85. The summed E-state index contributed by atoms with van der Waals surface area (Å²) in [5.74, 6) is 1.07. The first kappa shape index (κ1) is 11.4. The van der Waals surface area contributed by atoms with Crippen LogP contribution in [0.4, 0.5) is 4.39 Å². The molecule has 0 bridgehead atoms. The van der Waals surface area contributed by atoms with Gasteiger partial charge in [0.25, 0.3) is 0 Å². The Balaban J connectivity index is 2.16. The molecule has 1 aliphatic carbocycles. The van der Waals surface area contributed by atoms with Crippen LogP contribution >= 0.6 is 0 Å². The van der Waals surface area contributed by atoms with Gasteiger partial charge in [0.15, 0.2) is 0 Å². The minimum atomic E-state index is -0.180. The van der Waals surface area contributed by atoms with Crippen LogP contribution in [0, 0.1) is 5.82 Å². The van der Waals surface area contributed by atoms with E-state index in [1.54, 1.807) is 12.1 Å². The molecule has 3 heteroatoms. The molecule has 2 nitrogen and oxygen atoms in total. The number of hydrogen-bond donors (Lipinski definition) is 1. The van der Waals surface area contributed by atoms with E-state index in [0.29, 0.717) is 18.6 Å². The van der Waals surface area contributed by atoms with Crippen molar-refractivity contribution in [1.29, 1.82) is 0 Å². The van der Waals surface area contributed by atoms with Crippen molar-refractivity contribution >= 4 is 0 Å². The van der Waals surface area contributed by atoms with E-state index >= 15 is 0 Å². The Labute approximate surface area is 95.8 Å². The summed E-state index contributed by atoms with van der Waals surface area (Å²) < 4.78 is 18.9. The predicted octanol–water partition coefficient (Wildman–Crippen LogP) is 2.69. The number of ether oxygens (including phenoxy) is 1. The Kier molecular flexibility index (Phi) is 3.44. The average Bonchev–Trinajstić information content (AvgIpc) is 3.06. The summed E-state index contributed by atoms with van der Waals surface area (Å²) in [5, 5.41) is 3.21. The van der Waals surface area contributed by atoms with Gasteiger partial charge in [-0.1, -0.05) is 6.92 Å². The number of benzene rings is 1. The van der Waals surface area contributed by atoms with Crippen LogP contribution in [0.15, 0.2) is 18.2 Å². The highest BCUT2D eigenvalue weighted by Gasteiger charge is 2.39. The van der Waals surface area contributed by atoms with Crippen molar-refractivity contribution in [2.45, 2.75) is 31.7 Å². The van der Waals surface area contributed by atoms with Gasteiger partial charge >= 0.3 is 0 Å². The van der Waals surface area contributed by atoms with Gasteiger partial charge in [-0.3, -0.25) is 0 Å². The Morgan fingerprint density at radius 3 is 2.94 bits per heavy atom. The van der Waals surface area contributed by atoms with E-state index in [1.807, 2.05) is 7.05 Å². The molecule has 0 saturated heterocycles. The molecule has 1 aliphatic rings. The van der Waals surface area contributed by atoms with Crippen molar-refractivity contribution in [2.75, 3.05) is 13.7 Å². The number of rotatable bonds is 5. The Morgan fingerprint density at radius 1 is 1.50 bits per heavy atom. The maximum Gasteiger partial charge on any atom is 0.123 e. The van der Waals surface area contributed by atoms with Crippen molar-refractivity contribution in [1.82, 2.24) is 5.32 Å². The van der Waals surface area contributed by atoms with Crippen LogP contribution in [0.1, 0.15) is 31.2 Å². The summed E-state index contributed by atoms with van der Waals surface area (Å²) in [6, 6.07) is 5.29. The second-order valence-electron chi connectivity index (χ2n) is 4.27. The van der Waals surface area contributed by atoms with Crippen LogP contribution < -0.4 is 10.1 Å². The highest BCUT2D eigenvalue weighted by Crippen LogP contribution is 2.44. The van der Waals surface area contributed by atoms with Crippen LogP contribution in [0.2, 0.25) is 0 Å². The standard InChI is InChI=1S/C13H18FNO/c1-3-6-16-13-5-4-9(14)7-11(13)10-8-12(10)15-2/h4-5,7,10,12,15H,3,6,8H2,1-2H3. The van der Waals surface area contributed by atoms with Crippen LogP contribution in [0.5, 0.6) is 5.75 Å². The lowest BCUT2D eigenvalue weighted by atomic mass is 10.1. The summed E-state index contributed by atoms with van der Waals surface area (Å²) in [5.41, 5.74) is 1.01. The third-order valence-corrected chi connectivity index (χ3v) is 2.99. The first-order chi connectivity index (χ1) is 7.76. The van der Waals surface area contributed by atoms with Crippen molar-refractivity contribution in [3.63, 3.8) is 0 Å². The molecule has 1 saturated carbocycles. The van der Waals surface area contributed by atoms with Crippen LogP contribution in [-0.2, 0) is 0 Å². The fourth-order valence-electron chi connectivity index (χ4n) is 2.01. The maximum atomic E-state index is 13.2. The summed E-state index contributed by atoms with van der Waals surface area (Å²) in [6.45, 7) is 2.76. The third kappa shape index (κ3) is 2.35. The van der Waals surface area contributed by atoms with Crippen LogP contribution in [0.25, 0.3) is 0 Å². The largest absolute Gasteiger partial charge is 0.493 e. The van der Waals surface area contributed by atoms with Gasteiger partial charge in [0, 0.05) is 17.5 Å². The zero-order valence-electron chi connectivity index (χ0n) is 9.79. The lowest BCUT2D eigenvalue weighted by Crippen LogP contribution is -2.11. The van der Waals surface area contributed by atoms with E-state index in [2.05, 4.69) is 12.2 Å². The maximum absolute atomic E-state index is 13.2. The van der Waals surface area contributed by atoms with Gasteiger partial charge in [0.1, 0.15) is 11.6 Å². The van der Waals surface area contributed by atoms with Gasteiger partial charge in [-0.2, -0.15) is 0 Å². The molecule has 2 rings (SSSR count). The van der Waals surface area contributed by atoms with E-state index in [0.717, 1.165) is 24.2 Å². The van der Waals surface area contributed by atoms with Crippen molar-refractivity contribution in [2.24, 2.45) is 0 Å². The Morgan fingerprint density at radius 2 is 2.31 bits per heavy atom. The molecular weight excluding hydrogens is 205 g/mol. The quantitative estimate of drug-likeness (QED) is 0.828. The number of halogens is 1. The molecular formula is C13H18FNO. The van der Waals surface area contributed by atoms with Crippen molar-refractivity contribution in [3.05, 3.63) is 29.6 Å². The average molecular weight is 223 g/mol. The molecule has 0 aliphatic heterocycles. The molecule has 0 aromatic heterocycles. The molecule has 16 heavy (non-hydrogen) atoms. The van der Waals surface area contributed by atoms with Gasteiger partial charge in [0.2, 0.25) is 0 Å². The second kappa shape index (κ2) is 4.83. The molecule has 0 amide bonds. The van der Waals surface area contributed by atoms with Crippen LogP contribution in [0.3, 0.4) is 0 Å². The zero-order chi connectivity index (χ0) is 11.5. The summed E-state index contributed by atoms with van der Waals surface area (Å²) in [6.07, 6.45) is 2.04. The van der Waals surface area contributed by atoms with Gasteiger partial charge < -0.3 is 10.1 Å². The highest BCUT2D eigenvalue weighted by atomic mass is 19.1. The normalized spacial score (nSPS) is 23.2. The van der Waals surface area contributed by atoms with Gasteiger partial charge in [-0.05, 0) is 38.1 Å². The van der Waals surface area contributed by atoms with Gasteiger partial charge in [-0.15, -0.1) is 0 Å². The van der Waals surface area contributed by atoms with E-state index in [9.17, 15) is 4.39 Å². The van der Waals surface area contributed by atoms with Crippen molar-refractivity contribution in [3.8, 4) is 5.75 Å².